The molecule has 0 saturated heterocycles. The van der Waals surface area contributed by atoms with Gasteiger partial charge in [-0.3, -0.25) is 14.6 Å². The minimum Gasteiger partial charge on any atom is -0.497 e. The standard InChI is InChI=1S/C29H29Cl2NO6/c1-5-37-28(34)23-15(3)32-22-14-20(16-7-10-18(36-4)11-8-16)25(29(35)38-6-2)27(33)26(22)24(23)19-12-9-17(30)13-21(19)31/h7-13,20,24-26H,5-6,14H2,1-4H3/t20-,24+,25+,26?/m0/s1. The number of rotatable bonds is 7. The van der Waals surface area contributed by atoms with Gasteiger partial charge in [0.1, 0.15) is 11.7 Å². The van der Waals surface area contributed by atoms with Crippen molar-refractivity contribution in [1.29, 1.82) is 0 Å². The summed E-state index contributed by atoms with van der Waals surface area (Å²) in [5.41, 5.74) is 2.59. The molecule has 0 spiro atoms. The fourth-order valence-corrected chi connectivity index (χ4v) is 5.94. The number of esters is 2. The molecule has 4 atom stereocenters. The van der Waals surface area contributed by atoms with E-state index in [9.17, 15) is 14.4 Å². The first-order valence-corrected chi connectivity index (χ1v) is 13.2. The second-order valence-electron chi connectivity index (χ2n) is 9.16. The fraction of sp³-hybridized carbons (Fsp3) is 0.379. The van der Waals surface area contributed by atoms with Gasteiger partial charge in [0.05, 0.1) is 31.8 Å². The van der Waals surface area contributed by atoms with Crippen LogP contribution in [0.5, 0.6) is 5.75 Å². The first kappa shape index (κ1) is 27.9. The molecule has 0 N–H and O–H groups in total. The number of hydrogen-bond donors (Lipinski definition) is 0. The van der Waals surface area contributed by atoms with E-state index in [1.54, 1.807) is 58.2 Å². The number of carbonyl (C=O) groups is 3. The Labute approximate surface area is 231 Å². The summed E-state index contributed by atoms with van der Waals surface area (Å²) in [6.07, 6.45) is 0.321. The zero-order valence-corrected chi connectivity index (χ0v) is 23.1. The van der Waals surface area contributed by atoms with E-state index in [0.29, 0.717) is 39.2 Å². The highest BCUT2D eigenvalue weighted by Crippen LogP contribution is 2.49. The van der Waals surface area contributed by atoms with Crippen molar-refractivity contribution in [2.24, 2.45) is 16.8 Å². The van der Waals surface area contributed by atoms with Crippen LogP contribution in [0.25, 0.3) is 0 Å². The summed E-state index contributed by atoms with van der Waals surface area (Å²) in [6.45, 7) is 5.40. The van der Waals surface area contributed by atoms with Crippen molar-refractivity contribution < 1.29 is 28.6 Å². The minimum absolute atomic E-state index is 0.128. The largest absolute Gasteiger partial charge is 0.497 e. The third-order valence-corrected chi connectivity index (χ3v) is 7.59. The van der Waals surface area contributed by atoms with Crippen molar-refractivity contribution in [3.8, 4) is 5.75 Å². The molecular weight excluding hydrogens is 529 g/mol. The number of carbonyl (C=O) groups excluding carboxylic acids is 3. The van der Waals surface area contributed by atoms with Crippen LogP contribution in [0.4, 0.5) is 0 Å². The lowest BCUT2D eigenvalue weighted by atomic mass is 9.62. The Morgan fingerprint density at radius 1 is 1.00 bits per heavy atom. The average Bonchev–Trinajstić information content (AvgIpc) is 2.88. The molecule has 38 heavy (non-hydrogen) atoms. The van der Waals surface area contributed by atoms with Crippen molar-refractivity contribution in [3.63, 3.8) is 0 Å². The van der Waals surface area contributed by atoms with E-state index in [2.05, 4.69) is 0 Å². The number of fused-ring (bicyclic) bond motifs is 1. The van der Waals surface area contributed by atoms with Crippen LogP contribution >= 0.6 is 23.2 Å². The Balaban J connectivity index is 1.90. The molecule has 1 fully saturated rings. The van der Waals surface area contributed by atoms with Gasteiger partial charge in [-0.15, -0.1) is 0 Å². The van der Waals surface area contributed by atoms with E-state index in [1.165, 1.54) is 0 Å². The van der Waals surface area contributed by atoms with Crippen LogP contribution in [-0.2, 0) is 23.9 Å². The first-order valence-electron chi connectivity index (χ1n) is 12.5. The molecule has 2 aromatic carbocycles. The molecule has 1 aliphatic carbocycles. The summed E-state index contributed by atoms with van der Waals surface area (Å²) in [6, 6.07) is 12.2. The number of methoxy groups -OCH3 is 1. The van der Waals surface area contributed by atoms with Gasteiger partial charge in [0.25, 0.3) is 0 Å². The smallest absolute Gasteiger partial charge is 0.336 e. The summed E-state index contributed by atoms with van der Waals surface area (Å²) in [7, 11) is 1.57. The van der Waals surface area contributed by atoms with Gasteiger partial charge < -0.3 is 14.2 Å². The van der Waals surface area contributed by atoms with E-state index in [4.69, 9.17) is 42.4 Å². The van der Waals surface area contributed by atoms with Crippen LogP contribution < -0.4 is 4.74 Å². The number of halogens is 2. The molecule has 7 nitrogen and oxygen atoms in total. The molecule has 4 rings (SSSR count). The molecule has 1 unspecified atom stereocenters. The zero-order chi connectivity index (χ0) is 27.6. The summed E-state index contributed by atoms with van der Waals surface area (Å²) >= 11 is 12.8. The van der Waals surface area contributed by atoms with Crippen LogP contribution in [0.15, 0.2) is 58.7 Å². The molecule has 200 valence electrons. The average molecular weight is 558 g/mol. The van der Waals surface area contributed by atoms with Gasteiger partial charge in [0, 0.05) is 33.3 Å². The Bertz CT molecular complexity index is 1320. The van der Waals surface area contributed by atoms with Gasteiger partial charge in [-0.1, -0.05) is 41.4 Å². The highest BCUT2D eigenvalue weighted by Gasteiger charge is 2.53. The van der Waals surface area contributed by atoms with E-state index in [1.807, 2.05) is 12.1 Å². The third-order valence-electron chi connectivity index (χ3n) is 7.03. The summed E-state index contributed by atoms with van der Waals surface area (Å²) < 4.78 is 16.0. The van der Waals surface area contributed by atoms with Crippen LogP contribution in [0.3, 0.4) is 0 Å². The molecule has 1 aliphatic heterocycles. The lowest BCUT2D eigenvalue weighted by molar-refractivity contribution is -0.153. The van der Waals surface area contributed by atoms with Gasteiger partial charge >= 0.3 is 11.9 Å². The normalized spacial score (nSPS) is 22.9. The predicted molar refractivity (Wildman–Crippen MR) is 145 cm³/mol. The fourth-order valence-electron chi connectivity index (χ4n) is 5.41. The molecule has 1 heterocycles. The van der Waals surface area contributed by atoms with E-state index in [0.717, 1.165) is 5.56 Å². The lowest BCUT2D eigenvalue weighted by Gasteiger charge is -2.41. The number of nitrogens with zero attached hydrogens (tertiary/aromatic N) is 1. The maximum atomic E-state index is 14.3. The number of allylic oxidation sites excluding steroid dienone is 1. The zero-order valence-electron chi connectivity index (χ0n) is 21.6. The maximum Gasteiger partial charge on any atom is 0.336 e. The van der Waals surface area contributed by atoms with E-state index >= 15 is 0 Å². The summed E-state index contributed by atoms with van der Waals surface area (Å²) in [5, 5.41) is 0.719. The SMILES string of the molecule is CCOC(=O)C1=C(C)N=C2C[C@@H](c3ccc(OC)cc3)[C@@H](C(=O)OCC)C(=O)C2[C@@H]1c1ccc(Cl)cc1Cl. The van der Waals surface area contributed by atoms with E-state index in [-0.39, 0.29) is 24.6 Å². The van der Waals surface area contributed by atoms with Crippen LogP contribution in [0.1, 0.15) is 50.2 Å². The van der Waals surface area contributed by atoms with Gasteiger partial charge in [-0.25, -0.2) is 4.79 Å². The summed E-state index contributed by atoms with van der Waals surface area (Å²) in [4.78, 5) is 45.5. The third kappa shape index (κ3) is 5.22. The number of ketones is 1. The van der Waals surface area contributed by atoms with E-state index < -0.39 is 35.6 Å². The van der Waals surface area contributed by atoms with Gasteiger partial charge in [-0.05, 0) is 62.6 Å². The van der Waals surface area contributed by atoms with Crippen molar-refractivity contribution in [2.75, 3.05) is 20.3 Å². The number of benzene rings is 2. The topological polar surface area (TPSA) is 91.3 Å². The number of hydrogen-bond acceptors (Lipinski definition) is 7. The molecule has 0 amide bonds. The molecule has 1 saturated carbocycles. The van der Waals surface area contributed by atoms with Gasteiger partial charge in [0.15, 0.2) is 5.78 Å². The second-order valence-corrected chi connectivity index (χ2v) is 10.0. The maximum absolute atomic E-state index is 14.3. The van der Waals surface area contributed by atoms with Crippen LogP contribution in [-0.4, -0.2) is 43.8 Å². The van der Waals surface area contributed by atoms with Gasteiger partial charge in [0.2, 0.25) is 0 Å². The predicted octanol–water partition coefficient (Wildman–Crippen LogP) is 5.93. The Hall–Kier alpha value is -3.16. The number of Topliss-reactive ketones (excluding diaryl/α,β-unsaturated/α-hetero) is 1. The van der Waals surface area contributed by atoms with Gasteiger partial charge in [-0.2, -0.15) is 0 Å². The van der Waals surface area contributed by atoms with Crippen molar-refractivity contribution in [2.45, 2.75) is 39.0 Å². The first-order chi connectivity index (χ1) is 18.2. The summed E-state index contributed by atoms with van der Waals surface area (Å²) in [5.74, 6) is -4.20. The Morgan fingerprint density at radius 3 is 2.29 bits per heavy atom. The van der Waals surface area contributed by atoms with Crippen molar-refractivity contribution in [3.05, 3.63) is 74.9 Å². The van der Waals surface area contributed by atoms with Crippen molar-refractivity contribution >= 4 is 46.6 Å². The highest BCUT2D eigenvalue weighted by atomic mass is 35.5. The minimum atomic E-state index is -1.09. The molecule has 2 aliphatic rings. The van der Waals surface area contributed by atoms with Crippen LogP contribution in [0, 0.1) is 11.8 Å². The second kappa shape index (κ2) is 11.7. The Kier molecular flexibility index (Phi) is 8.58. The molecule has 9 heteroatoms. The highest BCUT2D eigenvalue weighted by molar-refractivity contribution is 6.35. The molecule has 0 aromatic heterocycles. The molecule has 2 aromatic rings. The molecular formula is C29H29Cl2NO6. The monoisotopic (exact) mass is 557 g/mol. The Morgan fingerprint density at radius 2 is 1.68 bits per heavy atom. The quantitative estimate of drug-likeness (QED) is 0.309. The lowest BCUT2D eigenvalue weighted by Crippen LogP contribution is -2.48. The number of ether oxygens (including phenoxy) is 3. The molecule has 0 radical (unpaired) electrons. The van der Waals surface area contributed by atoms with Crippen LogP contribution in [0.2, 0.25) is 10.0 Å². The molecule has 0 bridgehead atoms. The van der Waals surface area contributed by atoms with Crippen molar-refractivity contribution in [1.82, 2.24) is 0 Å². The number of aliphatic imine (C=N–C) groups is 1.